The first-order chi connectivity index (χ1) is 7.06. The van der Waals surface area contributed by atoms with E-state index in [2.05, 4.69) is 13.8 Å². The monoisotopic (exact) mass is 228 g/mol. The number of ether oxygens (including phenoxy) is 1. The number of benzene rings is 1. The molecule has 15 heavy (non-hydrogen) atoms. The highest BCUT2D eigenvalue weighted by molar-refractivity contribution is 6.31. The highest BCUT2D eigenvalue weighted by Crippen LogP contribution is 2.34. The summed E-state index contributed by atoms with van der Waals surface area (Å²) in [6.45, 7) is 4.12. The number of methoxy groups -OCH3 is 1. The Bertz CT molecular complexity index is 323. The third kappa shape index (κ3) is 3.11. The average Bonchev–Trinajstić information content (AvgIpc) is 2.15. The average molecular weight is 229 g/mol. The van der Waals surface area contributed by atoms with Gasteiger partial charge < -0.3 is 9.84 Å². The number of hydrogen-bond acceptors (Lipinski definition) is 2. The van der Waals surface area contributed by atoms with Crippen LogP contribution in [0.2, 0.25) is 5.02 Å². The van der Waals surface area contributed by atoms with Gasteiger partial charge in [0.1, 0.15) is 5.75 Å². The molecule has 84 valence electrons. The standard InChI is InChI=1S/C12H17ClO2/c1-8(2)7-10(14)12-9(13)5-4-6-11(12)15-3/h4-6,8,10,14H,7H2,1-3H3. The summed E-state index contributed by atoms with van der Waals surface area (Å²) in [6.07, 6.45) is 0.119. The van der Waals surface area contributed by atoms with Gasteiger partial charge in [-0.1, -0.05) is 31.5 Å². The molecule has 1 unspecified atom stereocenters. The Kier molecular flexibility index (Phi) is 4.43. The molecule has 1 rings (SSSR count). The van der Waals surface area contributed by atoms with Gasteiger partial charge in [-0.25, -0.2) is 0 Å². The van der Waals surface area contributed by atoms with E-state index in [0.29, 0.717) is 28.7 Å². The minimum atomic E-state index is -0.561. The second-order valence-corrected chi connectivity index (χ2v) is 4.41. The van der Waals surface area contributed by atoms with Gasteiger partial charge in [-0.2, -0.15) is 0 Å². The van der Waals surface area contributed by atoms with Crippen LogP contribution < -0.4 is 4.74 Å². The van der Waals surface area contributed by atoms with Crippen molar-refractivity contribution in [3.63, 3.8) is 0 Å². The zero-order valence-electron chi connectivity index (χ0n) is 9.33. The van der Waals surface area contributed by atoms with Crippen molar-refractivity contribution in [2.45, 2.75) is 26.4 Å². The molecule has 0 aliphatic rings. The number of aliphatic hydroxyl groups excluding tert-OH is 1. The zero-order valence-corrected chi connectivity index (χ0v) is 10.1. The van der Waals surface area contributed by atoms with Crippen LogP contribution in [-0.2, 0) is 0 Å². The molecule has 1 N–H and O–H groups in total. The molecule has 0 amide bonds. The van der Waals surface area contributed by atoms with Crippen molar-refractivity contribution in [3.05, 3.63) is 28.8 Å². The summed E-state index contributed by atoms with van der Waals surface area (Å²) in [4.78, 5) is 0. The summed E-state index contributed by atoms with van der Waals surface area (Å²) in [5.41, 5.74) is 0.690. The van der Waals surface area contributed by atoms with Gasteiger partial charge in [0.2, 0.25) is 0 Å². The molecule has 0 aliphatic carbocycles. The largest absolute Gasteiger partial charge is 0.496 e. The fraction of sp³-hybridized carbons (Fsp3) is 0.500. The predicted octanol–water partition coefficient (Wildman–Crippen LogP) is 3.43. The maximum absolute atomic E-state index is 10.0. The Hall–Kier alpha value is -0.730. The second-order valence-electron chi connectivity index (χ2n) is 4.00. The van der Waals surface area contributed by atoms with Crippen molar-refractivity contribution < 1.29 is 9.84 Å². The quantitative estimate of drug-likeness (QED) is 0.856. The number of hydrogen-bond donors (Lipinski definition) is 1. The van der Waals surface area contributed by atoms with Crippen molar-refractivity contribution in [2.75, 3.05) is 7.11 Å². The molecule has 0 radical (unpaired) electrons. The van der Waals surface area contributed by atoms with Crippen LogP contribution in [0.15, 0.2) is 18.2 Å². The van der Waals surface area contributed by atoms with Gasteiger partial charge in [0.15, 0.2) is 0 Å². The molecule has 0 aliphatic heterocycles. The third-order valence-electron chi connectivity index (χ3n) is 2.26. The number of aliphatic hydroxyl groups is 1. The van der Waals surface area contributed by atoms with Crippen molar-refractivity contribution in [1.29, 1.82) is 0 Å². The van der Waals surface area contributed by atoms with Gasteiger partial charge in [-0.15, -0.1) is 0 Å². The molecule has 0 bridgehead atoms. The molecule has 0 saturated heterocycles. The summed E-state index contributed by atoms with van der Waals surface area (Å²) in [7, 11) is 1.58. The summed E-state index contributed by atoms with van der Waals surface area (Å²) in [5, 5.41) is 10.6. The maximum atomic E-state index is 10.0. The van der Waals surface area contributed by atoms with Crippen molar-refractivity contribution in [2.24, 2.45) is 5.92 Å². The van der Waals surface area contributed by atoms with E-state index < -0.39 is 6.10 Å². The Morgan fingerprint density at radius 2 is 2.07 bits per heavy atom. The first-order valence-electron chi connectivity index (χ1n) is 5.06. The molecule has 3 heteroatoms. The van der Waals surface area contributed by atoms with E-state index in [-0.39, 0.29) is 0 Å². The molecule has 0 aromatic heterocycles. The van der Waals surface area contributed by atoms with Crippen LogP contribution in [0.1, 0.15) is 31.9 Å². The summed E-state index contributed by atoms with van der Waals surface area (Å²) in [5.74, 6) is 1.07. The Morgan fingerprint density at radius 1 is 1.40 bits per heavy atom. The van der Waals surface area contributed by atoms with E-state index >= 15 is 0 Å². The third-order valence-corrected chi connectivity index (χ3v) is 2.59. The van der Waals surface area contributed by atoms with E-state index in [4.69, 9.17) is 16.3 Å². The van der Waals surface area contributed by atoms with Crippen LogP contribution in [0.5, 0.6) is 5.75 Å². The predicted molar refractivity (Wildman–Crippen MR) is 62.4 cm³/mol. The van der Waals surface area contributed by atoms with Crippen LogP contribution in [0, 0.1) is 5.92 Å². The van der Waals surface area contributed by atoms with Crippen LogP contribution in [0.25, 0.3) is 0 Å². The summed E-state index contributed by atoms with van der Waals surface area (Å²) >= 11 is 6.05. The SMILES string of the molecule is COc1cccc(Cl)c1C(O)CC(C)C. The van der Waals surface area contributed by atoms with Crippen LogP contribution in [0.3, 0.4) is 0 Å². The lowest BCUT2D eigenvalue weighted by Gasteiger charge is -2.17. The lowest BCUT2D eigenvalue weighted by atomic mass is 9.99. The Morgan fingerprint density at radius 3 is 2.60 bits per heavy atom. The minimum Gasteiger partial charge on any atom is -0.496 e. The van der Waals surface area contributed by atoms with Crippen molar-refractivity contribution in [3.8, 4) is 5.75 Å². The van der Waals surface area contributed by atoms with E-state index in [1.54, 1.807) is 13.2 Å². The van der Waals surface area contributed by atoms with Gasteiger partial charge in [-0.05, 0) is 24.5 Å². The van der Waals surface area contributed by atoms with Gasteiger partial charge in [0, 0.05) is 5.56 Å². The van der Waals surface area contributed by atoms with E-state index in [9.17, 15) is 5.11 Å². The first kappa shape index (κ1) is 12.3. The van der Waals surface area contributed by atoms with Gasteiger partial charge >= 0.3 is 0 Å². The molecule has 1 aromatic rings. The zero-order chi connectivity index (χ0) is 11.4. The number of halogens is 1. The van der Waals surface area contributed by atoms with E-state index in [0.717, 1.165) is 0 Å². The first-order valence-corrected chi connectivity index (χ1v) is 5.44. The fourth-order valence-corrected chi connectivity index (χ4v) is 1.87. The van der Waals surface area contributed by atoms with E-state index in [1.807, 2.05) is 12.1 Å². The topological polar surface area (TPSA) is 29.5 Å². The van der Waals surface area contributed by atoms with Crippen LogP contribution in [0.4, 0.5) is 0 Å². The normalized spacial score (nSPS) is 12.9. The lowest BCUT2D eigenvalue weighted by Crippen LogP contribution is -2.04. The molecular weight excluding hydrogens is 212 g/mol. The highest BCUT2D eigenvalue weighted by Gasteiger charge is 2.17. The fourth-order valence-electron chi connectivity index (χ4n) is 1.58. The van der Waals surface area contributed by atoms with Crippen molar-refractivity contribution >= 4 is 11.6 Å². The molecule has 0 saturated carbocycles. The molecule has 0 fully saturated rings. The second kappa shape index (κ2) is 5.38. The smallest absolute Gasteiger partial charge is 0.126 e. The Balaban J connectivity index is 3.00. The number of rotatable bonds is 4. The Labute approximate surface area is 95.8 Å². The molecular formula is C12H17ClO2. The lowest BCUT2D eigenvalue weighted by molar-refractivity contribution is 0.147. The molecule has 1 aromatic carbocycles. The van der Waals surface area contributed by atoms with Gasteiger partial charge in [-0.3, -0.25) is 0 Å². The molecule has 2 nitrogen and oxygen atoms in total. The molecule has 0 spiro atoms. The van der Waals surface area contributed by atoms with Crippen LogP contribution in [-0.4, -0.2) is 12.2 Å². The molecule has 1 atom stereocenters. The summed E-state index contributed by atoms with van der Waals surface area (Å²) in [6, 6.07) is 5.39. The van der Waals surface area contributed by atoms with E-state index in [1.165, 1.54) is 0 Å². The highest BCUT2D eigenvalue weighted by atomic mass is 35.5. The van der Waals surface area contributed by atoms with Crippen LogP contribution >= 0.6 is 11.6 Å². The van der Waals surface area contributed by atoms with Crippen molar-refractivity contribution in [1.82, 2.24) is 0 Å². The molecule has 0 heterocycles. The maximum Gasteiger partial charge on any atom is 0.126 e. The van der Waals surface area contributed by atoms with Gasteiger partial charge in [0.05, 0.1) is 18.2 Å². The van der Waals surface area contributed by atoms with Gasteiger partial charge in [0.25, 0.3) is 0 Å². The summed E-state index contributed by atoms with van der Waals surface area (Å²) < 4.78 is 5.18. The minimum absolute atomic E-state index is 0.418.